The first-order valence-corrected chi connectivity index (χ1v) is 19.2. The zero-order chi connectivity index (χ0) is 39.0. The monoisotopic (exact) mass is 788 g/mol. The highest BCUT2D eigenvalue weighted by Gasteiger charge is 2.19. The number of nitrogens with one attached hydrogen (secondary N) is 2. The summed E-state index contributed by atoms with van der Waals surface area (Å²) in [7, 11) is -3.90. The number of hydrogen-bond acceptors (Lipinski definition) is 6. The van der Waals surface area contributed by atoms with Crippen molar-refractivity contribution in [3.05, 3.63) is 179 Å². The predicted molar refractivity (Wildman–Crippen MR) is 219 cm³/mol. The van der Waals surface area contributed by atoms with Crippen LogP contribution < -0.4 is 20.1 Å². The van der Waals surface area contributed by atoms with Gasteiger partial charge in [0.2, 0.25) is 21.7 Å². The molecule has 6 rings (SSSR count). The van der Waals surface area contributed by atoms with E-state index in [0.29, 0.717) is 44.4 Å². The normalized spacial score (nSPS) is 10.9. The van der Waals surface area contributed by atoms with Crippen molar-refractivity contribution < 1.29 is 27.5 Å². The molecular formula is C44H34Cl2N2O6S. The second-order valence-corrected chi connectivity index (χ2v) is 15.0. The molecule has 0 bridgehead atoms. The van der Waals surface area contributed by atoms with Gasteiger partial charge in [-0.2, -0.15) is 0 Å². The number of ether oxygens (including phenoxy) is 2. The smallest absolute Gasteiger partial charge is 0.228 e. The van der Waals surface area contributed by atoms with Gasteiger partial charge in [-0.1, -0.05) is 97.0 Å². The van der Waals surface area contributed by atoms with E-state index in [9.17, 15) is 18.0 Å². The third-order valence-electron chi connectivity index (χ3n) is 8.34. The van der Waals surface area contributed by atoms with Gasteiger partial charge in [0.15, 0.2) is 11.5 Å². The molecule has 0 radical (unpaired) electrons. The molecule has 2 amide bonds. The van der Waals surface area contributed by atoms with E-state index < -0.39 is 9.84 Å². The number of anilines is 2. The zero-order valence-corrected chi connectivity index (χ0v) is 31.6. The van der Waals surface area contributed by atoms with Crippen LogP contribution in [0.3, 0.4) is 0 Å². The summed E-state index contributed by atoms with van der Waals surface area (Å²) >= 11 is 12.5. The van der Waals surface area contributed by atoms with Crippen LogP contribution in [0.15, 0.2) is 156 Å². The molecule has 8 nitrogen and oxygen atoms in total. The standard InChI is InChI=1S/C44H34Cl2N2O6S/c1-3-31-15-13-29(25-37(31)45)27-43(49)47-39-9-5-7-11-41(39)53-33-17-21-35(22-18-33)55(51,52)36-23-19-34(20-24-36)54-42-12-8-6-10-40(42)48-44(50)28-30-14-16-32(4-2)38(46)26-30/h3-26H,1-2,27-28H2,(H,47,49)(H,48,50). The van der Waals surface area contributed by atoms with Gasteiger partial charge in [-0.25, -0.2) is 8.42 Å². The van der Waals surface area contributed by atoms with Crippen LogP contribution in [0.5, 0.6) is 23.0 Å². The van der Waals surface area contributed by atoms with E-state index in [1.807, 2.05) is 12.1 Å². The van der Waals surface area contributed by atoms with Crippen LogP contribution in [0.4, 0.5) is 11.4 Å². The van der Waals surface area contributed by atoms with Gasteiger partial charge in [-0.3, -0.25) is 9.59 Å². The third kappa shape index (κ3) is 9.71. The minimum absolute atomic E-state index is 0.0599. The van der Waals surface area contributed by atoms with Gasteiger partial charge in [-0.15, -0.1) is 0 Å². The van der Waals surface area contributed by atoms with Gasteiger partial charge in [-0.05, 0) is 107 Å². The van der Waals surface area contributed by atoms with E-state index in [1.165, 1.54) is 24.3 Å². The Labute approximate surface area is 329 Å². The molecule has 6 aromatic carbocycles. The molecule has 55 heavy (non-hydrogen) atoms. The van der Waals surface area contributed by atoms with Crippen LogP contribution in [0.1, 0.15) is 22.3 Å². The summed E-state index contributed by atoms with van der Waals surface area (Å²) in [6, 6.07) is 36.6. The molecule has 0 unspecified atom stereocenters. The lowest BCUT2D eigenvalue weighted by Gasteiger charge is -2.14. The molecule has 276 valence electrons. The predicted octanol–water partition coefficient (Wildman–Crippen LogP) is 11.1. The molecule has 0 fully saturated rings. The summed E-state index contributed by atoms with van der Waals surface area (Å²) < 4.78 is 39.1. The van der Waals surface area contributed by atoms with Crippen LogP contribution >= 0.6 is 23.2 Å². The van der Waals surface area contributed by atoms with Gasteiger partial charge in [0, 0.05) is 10.0 Å². The molecule has 0 saturated heterocycles. The number of benzene rings is 6. The largest absolute Gasteiger partial charge is 0.455 e. The average molecular weight is 790 g/mol. The quantitative estimate of drug-likeness (QED) is 0.114. The fourth-order valence-corrected chi connectivity index (χ4v) is 7.35. The Kier molecular flexibility index (Phi) is 12.2. The molecule has 0 atom stereocenters. The summed E-state index contributed by atoms with van der Waals surface area (Å²) in [6.45, 7) is 7.45. The van der Waals surface area contributed by atoms with Crippen LogP contribution in [-0.2, 0) is 32.3 Å². The van der Waals surface area contributed by atoms with Gasteiger partial charge < -0.3 is 20.1 Å². The summed E-state index contributed by atoms with van der Waals surface area (Å²) in [5.74, 6) is 0.978. The lowest BCUT2D eigenvalue weighted by atomic mass is 10.1. The number of carbonyl (C=O) groups is 2. The fraction of sp³-hybridized carbons (Fsp3) is 0.0455. The van der Waals surface area contributed by atoms with Gasteiger partial charge in [0.1, 0.15) is 11.5 Å². The third-order valence-corrected chi connectivity index (χ3v) is 10.8. The Morgan fingerprint density at radius 1 is 0.564 bits per heavy atom. The van der Waals surface area contributed by atoms with E-state index in [0.717, 1.165) is 22.3 Å². The highest BCUT2D eigenvalue weighted by Crippen LogP contribution is 2.33. The molecule has 0 aliphatic heterocycles. The maximum atomic E-state index is 13.5. The minimum atomic E-state index is -3.90. The molecule has 0 aliphatic carbocycles. The Morgan fingerprint density at radius 3 is 1.31 bits per heavy atom. The van der Waals surface area contributed by atoms with Crippen molar-refractivity contribution in [1.29, 1.82) is 0 Å². The minimum Gasteiger partial charge on any atom is -0.455 e. The van der Waals surface area contributed by atoms with Crippen molar-refractivity contribution in [2.75, 3.05) is 10.6 Å². The van der Waals surface area contributed by atoms with Crippen LogP contribution in [0.25, 0.3) is 12.2 Å². The topological polar surface area (TPSA) is 111 Å². The van der Waals surface area contributed by atoms with E-state index in [-0.39, 0.29) is 34.4 Å². The van der Waals surface area contributed by atoms with E-state index >= 15 is 0 Å². The fourth-order valence-electron chi connectivity index (χ4n) is 5.53. The Hall–Kier alpha value is -6.13. The van der Waals surface area contributed by atoms with Crippen molar-refractivity contribution in [2.45, 2.75) is 22.6 Å². The molecule has 6 aromatic rings. The second-order valence-electron chi connectivity index (χ2n) is 12.2. The van der Waals surface area contributed by atoms with Gasteiger partial charge >= 0.3 is 0 Å². The maximum Gasteiger partial charge on any atom is 0.228 e. The highest BCUT2D eigenvalue weighted by molar-refractivity contribution is 7.91. The number of halogens is 2. The molecule has 11 heteroatoms. The van der Waals surface area contributed by atoms with Crippen molar-refractivity contribution in [1.82, 2.24) is 0 Å². The molecule has 0 spiro atoms. The summed E-state index contributed by atoms with van der Waals surface area (Å²) in [4.78, 5) is 25.8. The van der Waals surface area contributed by atoms with Crippen LogP contribution in [0, 0.1) is 0 Å². The van der Waals surface area contributed by atoms with Crippen LogP contribution in [-0.4, -0.2) is 20.2 Å². The van der Waals surface area contributed by atoms with Gasteiger partial charge in [0.05, 0.1) is 34.0 Å². The first-order valence-electron chi connectivity index (χ1n) is 16.9. The number of rotatable bonds is 14. The van der Waals surface area contributed by atoms with Crippen molar-refractivity contribution in [2.24, 2.45) is 0 Å². The Bertz CT molecular complexity index is 2330. The first kappa shape index (κ1) is 38.6. The summed E-state index contributed by atoms with van der Waals surface area (Å²) in [5.41, 5.74) is 3.94. The SMILES string of the molecule is C=Cc1ccc(CC(=O)Nc2ccccc2Oc2ccc(S(=O)(=O)c3ccc(Oc4ccccc4NC(=O)Cc4ccc(C=C)c(Cl)c4)cc3)cc2)cc1Cl. The van der Waals surface area contributed by atoms with E-state index in [4.69, 9.17) is 32.7 Å². The summed E-state index contributed by atoms with van der Waals surface area (Å²) in [6.07, 6.45) is 3.49. The molecular weight excluding hydrogens is 755 g/mol. The second kappa shape index (κ2) is 17.3. The number of para-hydroxylation sites is 4. The lowest BCUT2D eigenvalue weighted by molar-refractivity contribution is -0.116. The molecule has 0 saturated carbocycles. The highest BCUT2D eigenvalue weighted by atomic mass is 35.5. The molecule has 0 aliphatic rings. The van der Waals surface area contributed by atoms with Crippen LogP contribution in [0.2, 0.25) is 10.0 Å². The molecule has 0 heterocycles. The van der Waals surface area contributed by atoms with Gasteiger partial charge in [0.25, 0.3) is 0 Å². The Morgan fingerprint density at radius 2 is 0.945 bits per heavy atom. The van der Waals surface area contributed by atoms with E-state index in [2.05, 4.69) is 23.8 Å². The number of carbonyl (C=O) groups excluding carboxylic acids is 2. The Balaban J connectivity index is 1.08. The van der Waals surface area contributed by atoms with E-state index in [1.54, 1.807) is 109 Å². The lowest BCUT2D eigenvalue weighted by Crippen LogP contribution is -2.15. The number of amides is 2. The first-order chi connectivity index (χ1) is 26.5. The summed E-state index contributed by atoms with van der Waals surface area (Å²) in [5, 5.41) is 6.76. The van der Waals surface area contributed by atoms with Crippen molar-refractivity contribution in [3.63, 3.8) is 0 Å². The maximum absolute atomic E-state index is 13.5. The van der Waals surface area contributed by atoms with Crippen molar-refractivity contribution >= 4 is 68.4 Å². The zero-order valence-electron chi connectivity index (χ0n) is 29.3. The average Bonchev–Trinajstić information content (AvgIpc) is 3.17. The molecule has 2 N–H and O–H groups in total. The van der Waals surface area contributed by atoms with Crippen molar-refractivity contribution in [3.8, 4) is 23.0 Å². The number of sulfone groups is 1. The number of hydrogen-bond donors (Lipinski definition) is 2. The molecule has 0 aromatic heterocycles.